The molecule has 0 aliphatic carbocycles. The third kappa shape index (κ3) is 2.33. The number of carbonyl (C=O) groups is 2. The highest BCUT2D eigenvalue weighted by Gasteiger charge is 2.57. The number of ether oxygens (including phenoxy) is 2. The molecule has 0 saturated carbocycles. The number of aliphatic hydroxyl groups is 1. The van der Waals surface area contributed by atoms with Crippen molar-refractivity contribution in [2.45, 2.75) is 36.9 Å². The molecule has 0 spiro atoms. The lowest BCUT2D eigenvalue weighted by Crippen LogP contribution is -2.44. The SMILES string of the molecule is CCOC(=O)C12CSC(C)C(C)SC1=C(O)C(=O)O2. The van der Waals surface area contributed by atoms with E-state index in [1.54, 1.807) is 6.92 Å². The fourth-order valence-corrected chi connectivity index (χ4v) is 4.62. The second-order valence-electron chi connectivity index (χ2n) is 4.45. The molecular formula is C12H16O5S2. The zero-order valence-corrected chi connectivity index (χ0v) is 12.6. The molecule has 0 aromatic carbocycles. The van der Waals surface area contributed by atoms with Crippen LogP contribution in [0.25, 0.3) is 0 Å². The van der Waals surface area contributed by atoms with Crippen LogP contribution in [0, 0.1) is 0 Å². The third-order valence-corrected chi connectivity index (χ3v) is 6.38. The molecule has 2 heterocycles. The molecule has 3 unspecified atom stereocenters. The van der Waals surface area contributed by atoms with Crippen molar-refractivity contribution in [3.63, 3.8) is 0 Å². The van der Waals surface area contributed by atoms with Gasteiger partial charge in [-0.25, -0.2) is 9.59 Å². The molecule has 1 fully saturated rings. The van der Waals surface area contributed by atoms with Crippen LogP contribution in [0.5, 0.6) is 0 Å². The lowest BCUT2D eigenvalue weighted by atomic mass is 10.1. The summed E-state index contributed by atoms with van der Waals surface area (Å²) in [5, 5.41) is 10.3. The van der Waals surface area contributed by atoms with E-state index in [1.807, 2.05) is 13.8 Å². The van der Waals surface area contributed by atoms with E-state index in [9.17, 15) is 14.7 Å². The van der Waals surface area contributed by atoms with Gasteiger partial charge in [-0.05, 0) is 6.92 Å². The molecular weight excluding hydrogens is 288 g/mol. The lowest BCUT2D eigenvalue weighted by Gasteiger charge is -2.25. The fraction of sp³-hybridized carbons (Fsp3) is 0.667. The maximum atomic E-state index is 12.2. The van der Waals surface area contributed by atoms with Crippen molar-refractivity contribution in [2.24, 2.45) is 0 Å². The van der Waals surface area contributed by atoms with E-state index >= 15 is 0 Å². The van der Waals surface area contributed by atoms with Crippen LogP contribution >= 0.6 is 23.5 Å². The number of fused-ring (bicyclic) bond motifs is 1. The van der Waals surface area contributed by atoms with Gasteiger partial charge in [-0.1, -0.05) is 13.8 Å². The number of esters is 2. The summed E-state index contributed by atoms with van der Waals surface area (Å²) in [5.74, 6) is -1.64. The minimum Gasteiger partial charge on any atom is -0.501 e. The maximum Gasteiger partial charge on any atom is 0.375 e. The Morgan fingerprint density at radius 2 is 2.21 bits per heavy atom. The van der Waals surface area contributed by atoms with Gasteiger partial charge in [0.2, 0.25) is 5.76 Å². The van der Waals surface area contributed by atoms with E-state index < -0.39 is 23.3 Å². The molecule has 1 saturated heterocycles. The Balaban J connectivity index is 2.44. The quantitative estimate of drug-likeness (QED) is 0.781. The summed E-state index contributed by atoms with van der Waals surface area (Å²) in [7, 11) is 0. The molecule has 5 nitrogen and oxygen atoms in total. The van der Waals surface area contributed by atoms with Gasteiger partial charge in [-0.15, -0.1) is 11.8 Å². The van der Waals surface area contributed by atoms with Gasteiger partial charge in [-0.3, -0.25) is 0 Å². The van der Waals surface area contributed by atoms with Crippen molar-refractivity contribution in [1.29, 1.82) is 0 Å². The molecule has 2 rings (SSSR count). The predicted octanol–water partition coefficient (Wildman–Crippen LogP) is 1.87. The molecule has 3 atom stereocenters. The summed E-state index contributed by atoms with van der Waals surface area (Å²) < 4.78 is 10.2. The molecule has 2 aliphatic rings. The van der Waals surface area contributed by atoms with Crippen molar-refractivity contribution in [1.82, 2.24) is 0 Å². The first-order chi connectivity index (χ1) is 8.92. The third-order valence-electron chi connectivity index (χ3n) is 3.16. The summed E-state index contributed by atoms with van der Waals surface area (Å²) >= 11 is 2.85. The van der Waals surface area contributed by atoms with Crippen LogP contribution in [0.3, 0.4) is 0 Å². The van der Waals surface area contributed by atoms with Crippen molar-refractivity contribution < 1.29 is 24.2 Å². The minimum absolute atomic E-state index is 0.160. The monoisotopic (exact) mass is 304 g/mol. The lowest BCUT2D eigenvalue weighted by molar-refractivity contribution is -0.169. The molecule has 0 aromatic rings. The number of rotatable bonds is 2. The molecule has 19 heavy (non-hydrogen) atoms. The first kappa shape index (κ1) is 14.6. The van der Waals surface area contributed by atoms with Crippen LogP contribution in [0.15, 0.2) is 10.7 Å². The molecule has 1 N–H and O–H groups in total. The second-order valence-corrected chi connectivity index (χ2v) is 7.21. The Labute approximate surface area is 120 Å². The Kier molecular flexibility index (Phi) is 4.06. The van der Waals surface area contributed by atoms with Gasteiger partial charge in [0.25, 0.3) is 5.60 Å². The summed E-state index contributed by atoms with van der Waals surface area (Å²) in [4.78, 5) is 24.1. The number of carbonyl (C=O) groups excluding carboxylic acids is 2. The second kappa shape index (κ2) is 5.28. The van der Waals surface area contributed by atoms with Gasteiger partial charge in [0, 0.05) is 16.3 Å². The zero-order valence-electron chi connectivity index (χ0n) is 11.0. The van der Waals surface area contributed by atoms with Crippen LogP contribution in [0.1, 0.15) is 20.8 Å². The molecule has 0 aromatic heterocycles. The van der Waals surface area contributed by atoms with Crippen LogP contribution in [0.4, 0.5) is 0 Å². The molecule has 7 heteroatoms. The molecule has 106 valence electrons. The Morgan fingerprint density at radius 1 is 1.53 bits per heavy atom. The Morgan fingerprint density at radius 3 is 2.84 bits per heavy atom. The predicted molar refractivity (Wildman–Crippen MR) is 74.1 cm³/mol. The number of hydrogen-bond acceptors (Lipinski definition) is 7. The Hall–Kier alpha value is -0.820. The van der Waals surface area contributed by atoms with Gasteiger partial charge in [0.05, 0.1) is 11.5 Å². The van der Waals surface area contributed by atoms with E-state index in [0.29, 0.717) is 4.91 Å². The number of thioether (sulfide) groups is 2. The molecule has 2 aliphatic heterocycles. The van der Waals surface area contributed by atoms with Crippen molar-refractivity contribution in [3.8, 4) is 0 Å². The topological polar surface area (TPSA) is 72.8 Å². The van der Waals surface area contributed by atoms with Gasteiger partial charge in [-0.2, -0.15) is 11.8 Å². The average molecular weight is 304 g/mol. The van der Waals surface area contributed by atoms with Crippen LogP contribution in [-0.2, 0) is 19.1 Å². The molecule has 0 radical (unpaired) electrons. The summed E-state index contributed by atoms with van der Waals surface area (Å²) in [6.45, 7) is 5.93. The van der Waals surface area contributed by atoms with Crippen molar-refractivity contribution in [2.75, 3.05) is 12.4 Å². The van der Waals surface area contributed by atoms with E-state index in [0.717, 1.165) is 0 Å². The van der Waals surface area contributed by atoms with Crippen LogP contribution < -0.4 is 0 Å². The maximum absolute atomic E-state index is 12.2. The highest BCUT2D eigenvalue weighted by Crippen LogP contribution is 2.49. The van der Waals surface area contributed by atoms with E-state index in [1.165, 1.54) is 23.5 Å². The molecule has 0 amide bonds. The Bertz CT molecular complexity index is 447. The highest BCUT2D eigenvalue weighted by atomic mass is 32.2. The first-order valence-electron chi connectivity index (χ1n) is 6.05. The van der Waals surface area contributed by atoms with Crippen molar-refractivity contribution in [3.05, 3.63) is 10.7 Å². The number of aliphatic hydroxyl groups excluding tert-OH is 1. The summed E-state index contributed by atoms with van der Waals surface area (Å²) in [5.41, 5.74) is -1.47. The normalized spacial score (nSPS) is 34.6. The van der Waals surface area contributed by atoms with E-state index in [4.69, 9.17) is 9.47 Å². The first-order valence-corrected chi connectivity index (χ1v) is 7.97. The largest absolute Gasteiger partial charge is 0.501 e. The fourth-order valence-electron chi connectivity index (χ4n) is 1.89. The summed E-state index contributed by atoms with van der Waals surface area (Å²) in [6.07, 6.45) is 0. The smallest absolute Gasteiger partial charge is 0.375 e. The van der Waals surface area contributed by atoms with Gasteiger partial charge < -0.3 is 14.6 Å². The van der Waals surface area contributed by atoms with Crippen molar-refractivity contribution >= 4 is 35.5 Å². The van der Waals surface area contributed by atoms with Gasteiger partial charge in [0.1, 0.15) is 0 Å². The molecule has 0 bridgehead atoms. The highest BCUT2D eigenvalue weighted by molar-refractivity contribution is 8.07. The average Bonchev–Trinajstić information content (AvgIpc) is 2.53. The summed E-state index contributed by atoms with van der Waals surface area (Å²) in [6, 6.07) is 0. The van der Waals surface area contributed by atoms with Crippen LogP contribution in [0.2, 0.25) is 0 Å². The number of hydrogen-bond donors (Lipinski definition) is 1. The standard InChI is InChI=1S/C12H16O5S2/c1-4-16-11(15)12-5-18-6(2)7(3)19-9(12)8(13)10(14)17-12/h6-7,13H,4-5H2,1-3H3. The van der Waals surface area contributed by atoms with Gasteiger partial charge in [0.15, 0.2) is 0 Å². The van der Waals surface area contributed by atoms with Gasteiger partial charge >= 0.3 is 11.9 Å². The minimum atomic E-state index is -1.47. The van der Waals surface area contributed by atoms with Crippen LogP contribution in [-0.4, -0.2) is 45.5 Å². The van der Waals surface area contributed by atoms with E-state index in [-0.39, 0.29) is 22.9 Å². The van der Waals surface area contributed by atoms with E-state index in [2.05, 4.69) is 0 Å². The zero-order chi connectivity index (χ0) is 14.2.